The van der Waals surface area contributed by atoms with Crippen molar-refractivity contribution in [3.05, 3.63) is 52.9 Å². The zero-order valence-corrected chi connectivity index (χ0v) is 17.7. The largest absolute Gasteiger partial charge is 0.472 e. The molecule has 0 unspecified atom stereocenters. The average Bonchev–Trinajstić information content (AvgIpc) is 3.16. The van der Waals surface area contributed by atoms with Crippen molar-refractivity contribution in [1.82, 2.24) is 31.3 Å². The Kier molecular flexibility index (Phi) is 6.81. The van der Waals surface area contributed by atoms with Crippen molar-refractivity contribution in [3.8, 4) is 22.5 Å². The van der Waals surface area contributed by atoms with Crippen molar-refractivity contribution >= 4 is 23.5 Å². The highest BCUT2D eigenvalue weighted by molar-refractivity contribution is 6.33. The normalized spacial score (nSPS) is 12.2. The van der Waals surface area contributed by atoms with Gasteiger partial charge in [0.25, 0.3) is 0 Å². The predicted octanol–water partition coefficient (Wildman–Crippen LogP) is 3.85. The van der Waals surface area contributed by atoms with Crippen molar-refractivity contribution in [2.45, 2.75) is 26.1 Å². The molecule has 0 aliphatic carbocycles. The fourth-order valence-electron chi connectivity index (χ4n) is 2.79. The molecule has 0 spiro atoms. The third kappa shape index (κ3) is 5.55. The van der Waals surface area contributed by atoms with E-state index in [0.29, 0.717) is 27.6 Å². The molecule has 3 N–H and O–H groups in total. The Hall–Kier alpha value is -3.74. The Morgan fingerprint density at radius 3 is 2.55 bits per heavy atom. The van der Waals surface area contributed by atoms with Crippen LogP contribution in [0.4, 0.5) is 22.4 Å². The summed E-state index contributed by atoms with van der Waals surface area (Å²) in [4.78, 5) is 30.6. The number of carbonyl (C=O) groups excluding carboxylic acids is 2. The minimum atomic E-state index is -5.18. The molecule has 14 heteroatoms. The Balaban J connectivity index is 1.79. The third-order valence-electron chi connectivity index (χ3n) is 4.25. The lowest BCUT2D eigenvalue weighted by molar-refractivity contribution is -0.174. The maximum atomic E-state index is 14.8. The van der Waals surface area contributed by atoms with Gasteiger partial charge >= 0.3 is 18.1 Å². The zero-order valence-electron chi connectivity index (χ0n) is 16.9. The molecule has 2 heterocycles. The molecule has 9 nitrogen and oxygen atoms in total. The number of hydrogen-bond acceptors (Lipinski definition) is 6. The van der Waals surface area contributed by atoms with Crippen LogP contribution in [0.25, 0.3) is 22.5 Å². The number of pyridine rings is 1. The lowest BCUT2D eigenvalue weighted by Crippen LogP contribution is -2.51. The van der Waals surface area contributed by atoms with Crippen LogP contribution >= 0.6 is 11.6 Å². The second kappa shape index (κ2) is 9.40. The van der Waals surface area contributed by atoms with E-state index in [2.05, 4.69) is 20.4 Å². The molecule has 0 saturated heterocycles. The quantitative estimate of drug-likeness (QED) is 0.380. The van der Waals surface area contributed by atoms with Gasteiger partial charge in [-0.2, -0.15) is 18.2 Å². The summed E-state index contributed by atoms with van der Waals surface area (Å²) >= 11 is 6.29. The zero-order chi connectivity index (χ0) is 24.3. The highest BCUT2D eigenvalue weighted by Crippen LogP contribution is 2.36. The summed E-state index contributed by atoms with van der Waals surface area (Å²) < 4.78 is 56.3. The molecule has 0 saturated carbocycles. The van der Waals surface area contributed by atoms with E-state index in [-0.39, 0.29) is 11.5 Å². The lowest BCUT2D eigenvalue weighted by Gasteiger charge is -2.16. The van der Waals surface area contributed by atoms with Crippen molar-refractivity contribution < 1.29 is 31.7 Å². The number of halogens is 5. The van der Waals surface area contributed by atoms with Crippen LogP contribution in [-0.4, -0.2) is 33.2 Å². The molecule has 0 bridgehead atoms. The van der Waals surface area contributed by atoms with E-state index >= 15 is 0 Å². The maximum absolute atomic E-state index is 14.8. The number of urea groups is 1. The smallest absolute Gasteiger partial charge is 0.339 e. The number of amides is 3. The number of benzene rings is 1. The van der Waals surface area contributed by atoms with Crippen molar-refractivity contribution in [2.24, 2.45) is 0 Å². The van der Waals surface area contributed by atoms with Crippen LogP contribution in [-0.2, 0) is 4.79 Å². The summed E-state index contributed by atoms with van der Waals surface area (Å²) in [5, 5.41) is 6.30. The highest BCUT2D eigenvalue weighted by atomic mass is 35.5. The molecule has 1 aromatic carbocycles. The van der Waals surface area contributed by atoms with Gasteiger partial charge in [0.15, 0.2) is 0 Å². The van der Waals surface area contributed by atoms with Gasteiger partial charge in [0.1, 0.15) is 5.82 Å². The molecule has 2 aromatic heterocycles. The first-order valence-corrected chi connectivity index (χ1v) is 9.54. The minimum absolute atomic E-state index is 0.199. The molecule has 3 amide bonds. The monoisotopic (exact) mass is 486 g/mol. The number of hydrazine groups is 1. The van der Waals surface area contributed by atoms with Gasteiger partial charge in [-0.25, -0.2) is 14.6 Å². The Labute approximate surface area is 188 Å². The van der Waals surface area contributed by atoms with Gasteiger partial charge < -0.3 is 9.84 Å². The average molecular weight is 487 g/mol. The van der Waals surface area contributed by atoms with Gasteiger partial charge in [-0.15, -0.1) is 0 Å². The molecule has 3 aromatic rings. The second-order valence-electron chi connectivity index (χ2n) is 6.66. The van der Waals surface area contributed by atoms with Crippen LogP contribution in [0, 0.1) is 12.7 Å². The number of nitrogens with zero attached hydrogens (tertiary/aromatic N) is 3. The van der Waals surface area contributed by atoms with E-state index in [4.69, 9.17) is 16.1 Å². The predicted molar refractivity (Wildman–Crippen MR) is 107 cm³/mol. The summed E-state index contributed by atoms with van der Waals surface area (Å²) in [6, 6.07) is 3.79. The van der Waals surface area contributed by atoms with Crippen LogP contribution in [0.3, 0.4) is 0 Å². The first-order chi connectivity index (χ1) is 15.5. The van der Waals surface area contributed by atoms with Crippen molar-refractivity contribution in [1.29, 1.82) is 0 Å². The number of aryl methyl sites for hydroxylation is 1. The van der Waals surface area contributed by atoms with E-state index < -0.39 is 30.0 Å². The second-order valence-corrected chi connectivity index (χ2v) is 7.07. The minimum Gasteiger partial charge on any atom is -0.339 e. The first kappa shape index (κ1) is 23.9. The van der Waals surface area contributed by atoms with Crippen LogP contribution in [0.5, 0.6) is 0 Å². The van der Waals surface area contributed by atoms with Gasteiger partial charge in [-0.3, -0.25) is 15.2 Å². The molecular formula is C19H15ClF4N6O3. The van der Waals surface area contributed by atoms with Gasteiger partial charge in [-0.1, -0.05) is 28.9 Å². The number of rotatable bonds is 4. The molecule has 0 aliphatic heterocycles. The maximum Gasteiger partial charge on any atom is 0.472 e. The Morgan fingerprint density at radius 1 is 1.21 bits per heavy atom. The molecule has 33 heavy (non-hydrogen) atoms. The van der Waals surface area contributed by atoms with E-state index in [9.17, 15) is 27.2 Å². The van der Waals surface area contributed by atoms with Crippen molar-refractivity contribution in [3.63, 3.8) is 0 Å². The SMILES string of the molecule is Cc1nc(-c2c(Cl)cccc2-c2cnc([C@@H](C)NC(=O)NNC(=O)C(F)(F)F)c(F)c2)no1. The third-order valence-corrected chi connectivity index (χ3v) is 4.57. The summed E-state index contributed by atoms with van der Waals surface area (Å²) in [5.74, 6) is -2.67. The molecule has 3 rings (SSSR count). The molecule has 174 valence electrons. The van der Waals surface area contributed by atoms with E-state index in [1.54, 1.807) is 25.1 Å². The summed E-state index contributed by atoms with van der Waals surface area (Å²) in [6.45, 7) is 2.95. The Bertz CT molecular complexity index is 1200. The van der Waals surface area contributed by atoms with E-state index in [1.165, 1.54) is 24.0 Å². The highest BCUT2D eigenvalue weighted by Gasteiger charge is 2.39. The lowest BCUT2D eigenvalue weighted by atomic mass is 9.99. The van der Waals surface area contributed by atoms with Crippen LogP contribution in [0.1, 0.15) is 24.6 Å². The van der Waals surface area contributed by atoms with Gasteiger partial charge in [-0.05, 0) is 24.6 Å². The number of aromatic nitrogens is 3. The summed E-state index contributed by atoms with van der Waals surface area (Å²) in [5.41, 5.74) is 3.70. The van der Waals surface area contributed by atoms with Crippen LogP contribution < -0.4 is 16.2 Å². The summed E-state index contributed by atoms with van der Waals surface area (Å²) in [7, 11) is 0. The molecule has 0 fully saturated rings. The van der Waals surface area contributed by atoms with Crippen molar-refractivity contribution in [2.75, 3.05) is 0 Å². The fraction of sp³-hybridized carbons (Fsp3) is 0.211. The first-order valence-electron chi connectivity index (χ1n) is 9.16. The summed E-state index contributed by atoms with van der Waals surface area (Å²) in [6.07, 6.45) is -3.86. The van der Waals surface area contributed by atoms with Gasteiger partial charge in [0.05, 0.1) is 16.8 Å². The van der Waals surface area contributed by atoms with E-state index in [1.807, 2.05) is 0 Å². The molecule has 0 aliphatic rings. The fourth-order valence-corrected chi connectivity index (χ4v) is 3.05. The standard InChI is InChI=1S/C19H15ClF4N6O3/c1-8(26-18(32)29-28-17(31)19(22,23)24)15-13(21)6-10(7-25-15)11-4-3-5-12(20)14(11)16-27-9(2)33-30-16/h3-8H,1-2H3,(H,28,31)(H2,26,29,32)/t8-/m1/s1. The molecular weight excluding hydrogens is 472 g/mol. The number of hydrogen-bond donors (Lipinski definition) is 3. The molecule has 1 atom stereocenters. The number of nitrogens with one attached hydrogen (secondary N) is 3. The molecule has 0 radical (unpaired) electrons. The number of carbonyl (C=O) groups is 2. The van der Waals surface area contributed by atoms with Crippen LogP contribution in [0.2, 0.25) is 5.02 Å². The Morgan fingerprint density at radius 2 is 1.94 bits per heavy atom. The van der Waals surface area contributed by atoms with E-state index in [0.717, 1.165) is 6.07 Å². The van der Waals surface area contributed by atoms with Crippen LogP contribution in [0.15, 0.2) is 35.0 Å². The van der Waals surface area contributed by atoms with Gasteiger partial charge in [0.2, 0.25) is 11.7 Å². The number of alkyl halides is 3. The van der Waals surface area contributed by atoms with Gasteiger partial charge in [0, 0.05) is 24.2 Å². The topological polar surface area (TPSA) is 122 Å².